The van der Waals surface area contributed by atoms with Crippen LogP contribution in [0.15, 0.2) is 4.90 Å². The number of hydrogen-bond donors (Lipinski definition) is 2. The van der Waals surface area contributed by atoms with E-state index in [0.717, 1.165) is 18.8 Å². The van der Waals surface area contributed by atoms with Crippen LogP contribution in [0.3, 0.4) is 0 Å². The van der Waals surface area contributed by atoms with Gasteiger partial charge in [0.05, 0.1) is 5.69 Å². The number of H-pyrrole nitrogens is 1. The molecule has 0 bridgehead atoms. The van der Waals surface area contributed by atoms with E-state index in [1.54, 1.807) is 0 Å². The number of hydrogen-bond acceptors (Lipinski definition) is 4. The fourth-order valence-electron chi connectivity index (χ4n) is 2.85. The van der Waals surface area contributed by atoms with Crippen molar-refractivity contribution in [3.63, 3.8) is 0 Å². The molecular weight excluding hydrogens is 314 g/mol. The van der Waals surface area contributed by atoms with E-state index < -0.39 is 15.0 Å². The van der Waals surface area contributed by atoms with Gasteiger partial charge in [-0.3, -0.25) is 9.89 Å². The smallest absolute Gasteiger partial charge is 0.273 e. The Hall–Kier alpha value is -1.08. The number of aromatic nitrogens is 2. The molecule has 0 spiro atoms. The third kappa shape index (κ3) is 4.20. The monoisotopic (exact) mass is 333 g/mol. The van der Waals surface area contributed by atoms with E-state index in [2.05, 4.69) is 15.5 Å². The topological polar surface area (TPSA) is 91.9 Å². The minimum atomic E-state index is -3.99. The van der Waals surface area contributed by atoms with Gasteiger partial charge in [0.25, 0.3) is 15.0 Å². The summed E-state index contributed by atoms with van der Waals surface area (Å²) in [5, 5.41) is 8.93. The van der Waals surface area contributed by atoms with Crippen LogP contribution in [0.5, 0.6) is 0 Å². The van der Waals surface area contributed by atoms with Crippen molar-refractivity contribution in [1.82, 2.24) is 15.5 Å². The molecule has 2 N–H and O–H groups in total. The Morgan fingerprint density at radius 3 is 2.71 bits per heavy atom. The number of carbonyl (C=O) groups is 1. The molecule has 1 aliphatic carbocycles. The van der Waals surface area contributed by atoms with Crippen molar-refractivity contribution in [3.05, 3.63) is 11.4 Å². The summed E-state index contributed by atoms with van der Waals surface area (Å²) in [6.07, 6.45) is 7.16. The molecule has 0 radical (unpaired) electrons. The van der Waals surface area contributed by atoms with Crippen molar-refractivity contribution in [3.8, 4) is 0 Å². The second kappa shape index (κ2) is 6.79. The summed E-state index contributed by atoms with van der Waals surface area (Å²) >= 11 is 0. The first kappa shape index (κ1) is 16.3. The molecule has 8 heteroatoms. The molecule has 118 valence electrons. The minimum Gasteiger partial charge on any atom is -0.351 e. The summed E-state index contributed by atoms with van der Waals surface area (Å²) in [5.74, 6) is 0.262. The Kier molecular flexibility index (Phi) is 5.27. The fourth-order valence-corrected chi connectivity index (χ4v) is 4.19. The van der Waals surface area contributed by atoms with Gasteiger partial charge in [0, 0.05) is 17.2 Å². The highest BCUT2D eigenvalue weighted by Crippen LogP contribution is 2.28. The van der Waals surface area contributed by atoms with Gasteiger partial charge in [-0.1, -0.05) is 25.7 Å². The largest absolute Gasteiger partial charge is 0.351 e. The summed E-state index contributed by atoms with van der Waals surface area (Å²) in [4.78, 5) is 11.8. The lowest BCUT2D eigenvalue weighted by Gasteiger charge is -2.09. The molecule has 1 aromatic heterocycles. The van der Waals surface area contributed by atoms with Crippen LogP contribution in [0.4, 0.5) is 0 Å². The van der Waals surface area contributed by atoms with Crippen LogP contribution in [0.1, 0.15) is 54.7 Å². The maximum absolute atomic E-state index is 12.0. The molecule has 21 heavy (non-hydrogen) atoms. The molecule has 0 saturated heterocycles. The van der Waals surface area contributed by atoms with Crippen molar-refractivity contribution in [2.75, 3.05) is 6.54 Å². The first-order chi connectivity index (χ1) is 9.89. The zero-order chi connectivity index (χ0) is 15.5. The van der Waals surface area contributed by atoms with Gasteiger partial charge in [-0.2, -0.15) is 5.10 Å². The van der Waals surface area contributed by atoms with Crippen molar-refractivity contribution in [2.24, 2.45) is 5.92 Å². The molecule has 1 heterocycles. The first-order valence-electron chi connectivity index (χ1n) is 7.17. The fraction of sp³-hybridized carbons (Fsp3) is 0.692. The van der Waals surface area contributed by atoms with E-state index in [9.17, 15) is 13.2 Å². The quantitative estimate of drug-likeness (QED) is 0.617. The number of rotatable bonds is 6. The number of nitrogens with zero attached hydrogens (tertiary/aromatic N) is 1. The SMILES string of the molecule is Cc1[nH]nc(C(=O)NCCCC2CCCC2)c1S(=O)(=O)Cl. The van der Waals surface area contributed by atoms with Crippen LogP contribution in [-0.4, -0.2) is 31.1 Å². The van der Waals surface area contributed by atoms with E-state index in [0.29, 0.717) is 6.54 Å². The number of aryl methyl sites for hydroxylation is 1. The summed E-state index contributed by atoms with van der Waals surface area (Å²) in [6.45, 7) is 2.03. The van der Waals surface area contributed by atoms with Gasteiger partial charge in [-0.25, -0.2) is 8.42 Å². The molecular formula is C13H20ClN3O3S. The Bertz CT molecular complexity index is 606. The van der Waals surface area contributed by atoms with Crippen molar-refractivity contribution in [1.29, 1.82) is 0 Å². The number of halogens is 1. The first-order valence-corrected chi connectivity index (χ1v) is 9.48. The zero-order valence-corrected chi connectivity index (χ0v) is 13.6. The van der Waals surface area contributed by atoms with E-state index in [-0.39, 0.29) is 16.3 Å². The summed E-state index contributed by atoms with van der Waals surface area (Å²) < 4.78 is 22.9. The molecule has 0 atom stereocenters. The lowest BCUT2D eigenvalue weighted by molar-refractivity contribution is 0.0944. The van der Waals surface area contributed by atoms with E-state index >= 15 is 0 Å². The predicted molar refractivity (Wildman–Crippen MR) is 79.9 cm³/mol. The van der Waals surface area contributed by atoms with Gasteiger partial charge in [-0.05, 0) is 25.7 Å². The van der Waals surface area contributed by atoms with E-state index in [1.165, 1.54) is 32.6 Å². The van der Waals surface area contributed by atoms with Crippen LogP contribution in [0.2, 0.25) is 0 Å². The summed E-state index contributed by atoms with van der Waals surface area (Å²) in [7, 11) is 1.34. The standard InChI is InChI=1S/C13H20ClN3O3S/c1-9-12(21(14,19)20)11(17-16-9)13(18)15-8-4-7-10-5-2-3-6-10/h10H,2-8H2,1H3,(H,15,18)(H,16,17). The molecule has 1 saturated carbocycles. The van der Waals surface area contributed by atoms with Gasteiger partial charge < -0.3 is 5.32 Å². The lowest BCUT2D eigenvalue weighted by atomic mass is 10.0. The van der Waals surface area contributed by atoms with Gasteiger partial charge in [-0.15, -0.1) is 0 Å². The highest BCUT2D eigenvalue weighted by atomic mass is 35.7. The Morgan fingerprint density at radius 2 is 2.10 bits per heavy atom. The maximum atomic E-state index is 12.0. The predicted octanol–water partition coefficient (Wildman–Crippen LogP) is 2.35. The third-order valence-electron chi connectivity index (χ3n) is 3.90. The molecule has 0 aromatic carbocycles. The van der Waals surface area contributed by atoms with Crippen LogP contribution in [-0.2, 0) is 9.05 Å². The molecule has 1 aromatic rings. The molecule has 0 aliphatic heterocycles. The number of nitrogens with one attached hydrogen (secondary N) is 2. The van der Waals surface area contributed by atoms with Crippen LogP contribution < -0.4 is 5.32 Å². The molecule has 1 fully saturated rings. The average molecular weight is 334 g/mol. The summed E-state index contributed by atoms with van der Waals surface area (Å²) in [6, 6.07) is 0. The van der Waals surface area contributed by atoms with E-state index in [1.807, 2.05) is 0 Å². The lowest BCUT2D eigenvalue weighted by Crippen LogP contribution is -2.26. The van der Waals surface area contributed by atoms with Gasteiger partial charge >= 0.3 is 0 Å². The second-order valence-corrected chi connectivity index (χ2v) is 8.02. The maximum Gasteiger partial charge on any atom is 0.273 e. The number of carbonyl (C=O) groups excluding carboxylic acids is 1. The van der Waals surface area contributed by atoms with Gasteiger partial charge in [0.1, 0.15) is 4.90 Å². The normalized spacial score (nSPS) is 16.3. The van der Waals surface area contributed by atoms with Gasteiger partial charge in [0.2, 0.25) is 0 Å². The zero-order valence-electron chi connectivity index (χ0n) is 12.0. The van der Waals surface area contributed by atoms with E-state index in [4.69, 9.17) is 10.7 Å². The average Bonchev–Trinajstić information content (AvgIpc) is 3.02. The molecule has 1 aliphatic rings. The summed E-state index contributed by atoms with van der Waals surface area (Å²) in [5.41, 5.74) is 0.101. The molecule has 2 rings (SSSR count). The molecule has 1 amide bonds. The minimum absolute atomic E-state index is 0.164. The van der Waals surface area contributed by atoms with Crippen molar-refractivity contribution in [2.45, 2.75) is 50.3 Å². The highest BCUT2D eigenvalue weighted by Gasteiger charge is 2.26. The van der Waals surface area contributed by atoms with Crippen molar-refractivity contribution < 1.29 is 13.2 Å². The Balaban J connectivity index is 1.89. The third-order valence-corrected chi connectivity index (χ3v) is 5.35. The Labute approximate surface area is 129 Å². The molecule has 6 nitrogen and oxygen atoms in total. The second-order valence-electron chi connectivity index (χ2n) is 5.51. The number of aromatic amines is 1. The number of amides is 1. The highest BCUT2D eigenvalue weighted by molar-refractivity contribution is 8.13. The van der Waals surface area contributed by atoms with Crippen molar-refractivity contribution >= 4 is 25.6 Å². The van der Waals surface area contributed by atoms with Crippen LogP contribution >= 0.6 is 10.7 Å². The van der Waals surface area contributed by atoms with Crippen LogP contribution in [0.25, 0.3) is 0 Å². The molecule has 0 unspecified atom stereocenters. The van der Waals surface area contributed by atoms with Gasteiger partial charge in [0.15, 0.2) is 5.69 Å². The van der Waals surface area contributed by atoms with Crippen LogP contribution in [0, 0.1) is 12.8 Å². The Morgan fingerprint density at radius 1 is 1.43 bits per heavy atom.